The standard InChI is InChI=1S/C31H46BrN/c1-5-6-7-8-9-10-11-12-13-14-15-16-17-20-23-33-25(2)31(3,4)29-28(33)24-26-21-18-19-22-27(26)30(29)32/h18-19,21-22,24H,2,5-17,20,23H2,1,3-4H3. The van der Waals surface area contributed by atoms with Crippen LogP contribution in [-0.4, -0.2) is 6.54 Å². The molecule has 2 heteroatoms. The molecule has 0 saturated heterocycles. The van der Waals surface area contributed by atoms with Gasteiger partial charge in [0, 0.05) is 33.4 Å². The van der Waals surface area contributed by atoms with Gasteiger partial charge in [-0.3, -0.25) is 0 Å². The third-order valence-electron chi connectivity index (χ3n) is 7.66. The zero-order valence-electron chi connectivity index (χ0n) is 21.5. The van der Waals surface area contributed by atoms with E-state index < -0.39 is 0 Å². The number of hydrogen-bond acceptors (Lipinski definition) is 1. The third kappa shape index (κ3) is 6.65. The van der Waals surface area contributed by atoms with Crippen molar-refractivity contribution in [3.05, 3.63) is 52.6 Å². The van der Waals surface area contributed by atoms with E-state index in [1.807, 2.05) is 0 Å². The van der Waals surface area contributed by atoms with Crippen LogP contribution in [-0.2, 0) is 5.41 Å². The molecule has 1 aliphatic rings. The van der Waals surface area contributed by atoms with Crippen LogP contribution in [0.25, 0.3) is 10.8 Å². The van der Waals surface area contributed by atoms with Crippen molar-refractivity contribution in [2.24, 2.45) is 0 Å². The van der Waals surface area contributed by atoms with Gasteiger partial charge in [-0.25, -0.2) is 0 Å². The molecule has 1 heterocycles. The Hall–Kier alpha value is -1.28. The Kier molecular flexibility index (Phi) is 10.4. The molecule has 33 heavy (non-hydrogen) atoms. The fourth-order valence-electron chi connectivity index (χ4n) is 5.44. The van der Waals surface area contributed by atoms with Gasteiger partial charge >= 0.3 is 0 Å². The van der Waals surface area contributed by atoms with Gasteiger partial charge in [-0.05, 0) is 39.2 Å². The number of hydrogen-bond donors (Lipinski definition) is 0. The molecule has 0 aromatic heterocycles. The highest BCUT2D eigenvalue weighted by molar-refractivity contribution is 9.10. The second-order valence-electron chi connectivity index (χ2n) is 10.6. The van der Waals surface area contributed by atoms with Crippen molar-refractivity contribution < 1.29 is 0 Å². The Labute approximate surface area is 212 Å². The highest BCUT2D eigenvalue weighted by atomic mass is 79.9. The van der Waals surface area contributed by atoms with Crippen molar-refractivity contribution in [1.29, 1.82) is 0 Å². The largest absolute Gasteiger partial charge is 0.345 e. The van der Waals surface area contributed by atoms with Crippen LogP contribution in [0.4, 0.5) is 5.69 Å². The summed E-state index contributed by atoms with van der Waals surface area (Å²) in [5, 5.41) is 2.61. The Bertz CT molecular complexity index is 897. The summed E-state index contributed by atoms with van der Waals surface area (Å²) in [6, 6.07) is 11.1. The minimum absolute atomic E-state index is 0.0335. The van der Waals surface area contributed by atoms with Crippen LogP contribution in [0.5, 0.6) is 0 Å². The average Bonchev–Trinajstić information content (AvgIpc) is 2.99. The monoisotopic (exact) mass is 511 g/mol. The van der Waals surface area contributed by atoms with Crippen LogP contribution in [0.2, 0.25) is 0 Å². The summed E-state index contributed by atoms with van der Waals surface area (Å²) in [5.41, 5.74) is 3.96. The van der Waals surface area contributed by atoms with E-state index in [9.17, 15) is 0 Å². The zero-order valence-corrected chi connectivity index (χ0v) is 23.1. The molecule has 182 valence electrons. The normalized spacial score (nSPS) is 14.9. The summed E-state index contributed by atoms with van der Waals surface area (Å²) in [6.45, 7) is 12.5. The van der Waals surface area contributed by atoms with Gasteiger partial charge in [0.05, 0.1) is 0 Å². The van der Waals surface area contributed by atoms with Crippen LogP contribution in [0.1, 0.15) is 116 Å². The minimum atomic E-state index is -0.0335. The van der Waals surface area contributed by atoms with E-state index in [1.165, 1.54) is 122 Å². The zero-order chi connectivity index (χ0) is 23.7. The van der Waals surface area contributed by atoms with Gasteiger partial charge in [-0.2, -0.15) is 0 Å². The second-order valence-corrected chi connectivity index (χ2v) is 11.4. The van der Waals surface area contributed by atoms with E-state index in [4.69, 9.17) is 0 Å². The van der Waals surface area contributed by atoms with Gasteiger partial charge in [0.25, 0.3) is 0 Å². The van der Waals surface area contributed by atoms with Crippen LogP contribution in [0.3, 0.4) is 0 Å². The predicted molar refractivity (Wildman–Crippen MR) is 151 cm³/mol. The summed E-state index contributed by atoms with van der Waals surface area (Å²) < 4.78 is 1.24. The maximum Gasteiger partial charge on any atom is 0.0468 e. The average molecular weight is 513 g/mol. The molecule has 0 aliphatic carbocycles. The molecule has 2 aromatic rings. The van der Waals surface area contributed by atoms with E-state index in [-0.39, 0.29) is 5.41 Å². The quantitative estimate of drug-likeness (QED) is 0.215. The Morgan fingerprint density at radius 1 is 0.788 bits per heavy atom. The number of allylic oxidation sites excluding steroid dienone is 1. The molecule has 0 atom stereocenters. The molecular weight excluding hydrogens is 466 g/mol. The maximum atomic E-state index is 4.52. The van der Waals surface area contributed by atoms with Crippen LogP contribution in [0, 0.1) is 0 Å². The molecule has 0 bridgehead atoms. The van der Waals surface area contributed by atoms with Crippen molar-refractivity contribution in [2.45, 2.75) is 116 Å². The Balaban J connectivity index is 1.38. The number of unbranched alkanes of at least 4 members (excludes halogenated alkanes) is 13. The van der Waals surface area contributed by atoms with Crippen molar-refractivity contribution in [1.82, 2.24) is 0 Å². The fraction of sp³-hybridized carbons (Fsp3) is 0.613. The fourth-order valence-corrected chi connectivity index (χ4v) is 6.50. The molecule has 0 spiro atoms. The van der Waals surface area contributed by atoms with Gasteiger partial charge in [-0.15, -0.1) is 0 Å². The first-order valence-electron chi connectivity index (χ1n) is 13.7. The van der Waals surface area contributed by atoms with Gasteiger partial charge in [-0.1, -0.05) is 135 Å². The first kappa shape index (κ1) is 26.3. The Morgan fingerprint density at radius 2 is 1.30 bits per heavy atom. The van der Waals surface area contributed by atoms with Gasteiger partial charge in [0.1, 0.15) is 0 Å². The van der Waals surface area contributed by atoms with Crippen molar-refractivity contribution >= 4 is 32.4 Å². The molecule has 3 rings (SSSR count). The number of fused-ring (bicyclic) bond motifs is 2. The van der Waals surface area contributed by atoms with E-state index in [2.05, 4.69) is 78.5 Å². The number of nitrogens with zero attached hydrogens (tertiary/aromatic N) is 1. The smallest absolute Gasteiger partial charge is 0.0468 e. The Morgan fingerprint density at radius 3 is 1.88 bits per heavy atom. The summed E-state index contributed by atoms with van der Waals surface area (Å²) in [4.78, 5) is 2.49. The van der Waals surface area contributed by atoms with Gasteiger partial charge in [0.15, 0.2) is 0 Å². The highest BCUT2D eigenvalue weighted by Crippen LogP contribution is 2.52. The molecule has 1 nitrogen and oxygen atoms in total. The number of rotatable bonds is 15. The van der Waals surface area contributed by atoms with Crippen molar-refractivity contribution in [2.75, 3.05) is 11.4 Å². The van der Waals surface area contributed by atoms with E-state index in [0.29, 0.717) is 0 Å². The number of anilines is 1. The van der Waals surface area contributed by atoms with Crippen molar-refractivity contribution in [3.8, 4) is 0 Å². The molecule has 0 N–H and O–H groups in total. The second kappa shape index (κ2) is 13.0. The van der Waals surface area contributed by atoms with Crippen molar-refractivity contribution in [3.63, 3.8) is 0 Å². The third-order valence-corrected chi connectivity index (χ3v) is 8.49. The number of benzene rings is 2. The lowest BCUT2D eigenvalue weighted by Gasteiger charge is -2.26. The van der Waals surface area contributed by atoms with Crippen LogP contribution in [0.15, 0.2) is 47.1 Å². The number of halogens is 1. The van der Waals surface area contributed by atoms with E-state index in [1.54, 1.807) is 0 Å². The molecule has 1 aliphatic heterocycles. The lowest BCUT2D eigenvalue weighted by molar-refractivity contribution is 0.535. The summed E-state index contributed by atoms with van der Waals surface area (Å²) >= 11 is 3.94. The summed E-state index contributed by atoms with van der Waals surface area (Å²) in [7, 11) is 0. The molecule has 0 amide bonds. The molecule has 0 unspecified atom stereocenters. The lowest BCUT2D eigenvalue weighted by Crippen LogP contribution is -2.26. The first-order chi connectivity index (χ1) is 16.0. The summed E-state index contributed by atoms with van der Waals surface area (Å²) in [6.07, 6.45) is 19.6. The molecule has 0 fully saturated rings. The van der Waals surface area contributed by atoms with E-state index >= 15 is 0 Å². The van der Waals surface area contributed by atoms with Crippen LogP contribution >= 0.6 is 15.9 Å². The molecule has 0 radical (unpaired) electrons. The van der Waals surface area contributed by atoms with Gasteiger partial charge in [0.2, 0.25) is 0 Å². The summed E-state index contributed by atoms with van der Waals surface area (Å²) in [5.74, 6) is 0. The molecular formula is C31H46BrN. The minimum Gasteiger partial charge on any atom is -0.345 e. The topological polar surface area (TPSA) is 3.24 Å². The first-order valence-corrected chi connectivity index (χ1v) is 14.5. The van der Waals surface area contributed by atoms with Crippen LogP contribution < -0.4 is 4.90 Å². The van der Waals surface area contributed by atoms with E-state index in [0.717, 1.165) is 6.54 Å². The molecule has 2 aromatic carbocycles. The predicted octanol–water partition coefficient (Wildman–Crippen LogP) is 10.7. The molecule has 0 saturated carbocycles. The lowest BCUT2D eigenvalue weighted by atomic mass is 9.83. The highest BCUT2D eigenvalue weighted by Gasteiger charge is 2.40. The van der Waals surface area contributed by atoms with Gasteiger partial charge < -0.3 is 4.90 Å². The SMILES string of the molecule is C=C1N(CCCCCCCCCCCCCCCC)c2cc3ccccc3c(Br)c2C1(C)C. The maximum absolute atomic E-state index is 4.52.